The minimum absolute atomic E-state index is 0.0398. The van der Waals surface area contributed by atoms with E-state index in [-0.39, 0.29) is 6.04 Å². The number of hydrogen-bond donors (Lipinski definition) is 2. The van der Waals surface area contributed by atoms with Crippen LogP contribution >= 0.6 is 0 Å². The molecule has 0 saturated heterocycles. The van der Waals surface area contributed by atoms with Gasteiger partial charge in [0.15, 0.2) is 0 Å². The number of aromatic nitrogens is 2. The van der Waals surface area contributed by atoms with Crippen LogP contribution in [0.1, 0.15) is 22.7 Å². The molecule has 1 heterocycles. The molecule has 0 bridgehead atoms. The Bertz CT molecular complexity index is 470. The topological polar surface area (TPSA) is 63.8 Å². The predicted molar refractivity (Wildman–Crippen MR) is 67.0 cm³/mol. The van der Waals surface area contributed by atoms with E-state index in [0.29, 0.717) is 0 Å². The van der Waals surface area contributed by atoms with Crippen LogP contribution in [0.15, 0.2) is 43.0 Å². The van der Waals surface area contributed by atoms with Crippen LogP contribution in [0.4, 0.5) is 0 Å². The first kappa shape index (κ1) is 11.7. The highest BCUT2D eigenvalue weighted by molar-refractivity contribution is 5.24. The van der Waals surface area contributed by atoms with Crippen molar-refractivity contribution in [1.29, 1.82) is 0 Å². The van der Waals surface area contributed by atoms with Crippen LogP contribution in [0.2, 0.25) is 0 Å². The maximum atomic E-state index is 5.59. The molecule has 1 unspecified atom stereocenters. The molecule has 88 valence electrons. The van der Waals surface area contributed by atoms with Crippen LogP contribution in [-0.2, 0) is 6.42 Å². The van der Waals surface area contributed by atoms with Crippen LogP contribution < -0.4 is 11.3 Å². The van der Waals surface area contributed by atoms with Crippen molar-refractivity contribution in [2.45, 2.75) is 19.4 Å². The molecule has 2 aromatic rings. The van der Waals surface area contributed by atoms with Gasteiger partial charge in [-0.25, -0.2) is 9.97 Å². The standard InChI is InChI=1S/C13H16N4/c1-10-3-2-4-11(5-10)6-13(17-14)12-7-15-9-16-8-12/h2-5,7-9,13,17H,6,14H2,1H3. The predicted octanol–water partition coefficient (Wildman–Crippen LogP) is 1.53. The van der Waals surface area contributed by atoms with Gasteiger partial charge in [-0.1, -0.05) is 29.8 Å². The first-order valence-corrected chi connectivity index (χ1v) is 5.56. The third-order valence-electron chi connectivity index (χ3n) is 2.71. The van der Waals surface area contributed by atoms with Crippen LogP contribution in [0.5, 0.6) is 0 Å². The van der Waals surface area contributed by atoms with E-state index < -0.39 is 0 Å². The van der Waals surface area contributed by atoms with E-state index in [9.17, 15) is 0 Å². The lowest BCUT2D eigenvalue weighted by molar-refractivity contribution is 0.548. The van der Waals surface area contributed by atoms with Gasteiger partial charge in [0, 0.05) is 18.0 Å². The average molecular weight is 228 g/mol. The monoisotopic (exact) mass is 228 g/mol. The normalized spacial score (nSPS) is 12.4. The van der Waals surface area contributed by atoms with Gasteiger partial charge in [-0.05, 0) is 18.9 Å². The maximum Gasteiger partial charge on any atom is 0.115 e. The Morgan fingerprint density at radius 1 is 1.29 bits per heavy atom. The second kappa shape index (κ2) is 5.52. The van der Waals surface area contributed by atoms with Crippen molar-refractivity contribution in [3.8, 4) is 0 Å². The second-order valence-electron chi connectivity index (χ2n) is 4.08. The minimum Gasteiger partial charge on any atom is -0.271 e. The number of nitrogens with two attached hydrogens (primary N) is 1. The molecular formula is C13H16N4. The van der Waals surface area contributed by atoms with Crippen LogP contribution in [0.3, 0.4) is 0 Å². The second-order valence-corrected chi connectivity index (χ2v) is 4.08. The number of nitrogens with one attached hydrogen (secondary N) is 1. The van der Waals surface area contributed by atoms with Gasteiger partial charge in [0.25, 0.3) is 0 Å². The Morgan fingerprint density at radius 2 is 2.06 bits per heavy atom. The highest BCUT2D eigenvalue weighted by atomic mass is 15.2. The molecule has 0 spiro atoms. The number of rotatable bonds is 4. The number of aryl methyl sites for hydroxylation is 1. The first-order chi connectivity index (χ1) is 8.29. The van der Waals surface area contributed by atoms with E-state index in [0.717, 1.165) is 12.0 Å². The van der Waals surface area contributed by atoms with Gasteiger partial charge in [-0.3, -0.25) is 11.3 Å². The lowest BCUT2D eigenvalue weighted by Gasteiger charge is -2.15. The van der Waals surface area contributed by atoms with Crippen molar-refractivity contribution in [1.82, 2.24) is 15.4 Å². The van der Waals surface area contributed by atoms with Gasteiger partial charge >= 0.3 is 0 Å². The summed E-state index contributed by atoms with van der Waals surface area (Å²) in [5.41, 5.74) is 6.30. The molecule has 0 aliphatic heterocycles. The van der Waals surface area contributed by atoms with Crippen molar-refractivity contribution in [2.24, 2.45) is 5.84 Å². The molecule has 1 aromatic heterocycles. The lowest BCUT2D eigenvalue weighted by atomic mass is 10.0. The highest BCUT2D eigenvalue weighted by Gasteiger charge is 2.10. The smallest absolute Gasteiger partial charge is 0.115 e. The van der Waals surface area contributed by atoms with E-state index in [1.54, 1.807) is 12.4 Å². The molecule has 0 aliphatic rings. The maximum absolute atomic E-state index is 5.59. The van der Waals surface area contributed by atoms with Crippen molar-refractivity contribution in [3.63, 3.8) is 0 Å². The molecule has 4 heteroatoms. The fourth-order valence-electron chi connectivity index (χ4n) is 1.84. The number of benzene rings is 1. The summed E-state index contributed by atoms with van der Waals surface area (Å²) in [7, 11) is 0. The molecule has 0 radical (unpaired) electrons. The molecule has 3 N–H and O–H groups in total. The third kappa shape index (κ3) is 3.09. The SMILES string of the molecule is Cc1cccc(CC(NN)c2cncnc2)c1. The van der Waals surface area contributed by atoms with Crippen molar-refractivity contribution >= 4 is 0 Å². The minimum atomic E-state index is 0.0398. The average Bonchev–Trinajstić information content (AvgIpc) is 2.37. The molecule has 0 saturated carbocycles. The fourth-order valence-corrected chi connectivity index (χ4v) is 1.84. The summed E-state index contributed by atoms with van der Waals surface area (Å²) in [6, 6.07) is 8.44. The molecule has 2 rings (SSSR count). The first-order valence-electron chi connectivity index (χ1n) is 5.56. The Morgan fingerprint density at radius 3 is 2.71 bits per heavy atom. The molecule has 4 nitrogen and oxygen atoms in total. The van der Waals surface area contributed by atoms with Gasteiger partial charge in [0.05, 0.1) is 6.04 Å². The van der Waals surface area contributed by atoms with E-state index >= 15 is 0 Å². The van der Waals surface area contributed by atoms with Crippen molar-refractivity contribution in [2.75, 3.05) is 0 Å². The number of hydrazine groups is 1. The lowest BCUT2D eigenvalue weighted by Crippen LogP contribution is -2.29. The molecule has 1 aromatic carbocycles. The van der Waals surface area contributed by atoms with E-state index in [2.05, 4.69) is 46.6 Å². The van der Waals surface area contributed by atoms with Crippen LogP contribution in [0, 0.1) is 6.92 Å². The molecule has 17 heavy (non-hydrogen) atoms. The summed E-state index contributed by atoms with van der Waals surface area (Å²) in [5.74, 6) is 5.59. The summed E-state index contributed by atoms with van der Waals surface area (Å²) in [4.78, 5) is 8.01. The summed E-state index contributed by atoms with van der Waals surface area (Å²) >= 11 is 0. The van der Waals surface area contributed by atoms with Gasteiger partial charge in [-0.15, -0.1) is 0 Å². The molecule has 1 atom stereocenters. The zero-order chi connectivity index (χ0) is 12.1. The largest absolute Gasteiger partial charge is 0.271 e. The van der Waals surface area contributed by atoms with E-state index in [4.69, 9.17) is 5.84 Å². The third-order valence-corrected chi connectivity index (χ3v) is 2.71. The highest BCUT2D eigenvalue weighted by Crippen LogP contribution is 2.16. The van der Waals surface area contributed by atoms with Crippen molar-refractivity contribution < 1.29 is 0 Å². The molecule has 0 amide bonds. The Labute approximate surface area is 101 Å². The van der Waals surface area contributed by atoms with E-state index in [1.807, 2.05) is 0 Å². The quantitative estimate of drug-likeness (QED) is 0.615. The Balaban J connectivity index is 2.16. The zero-order valence-corrected chi connectivity index (χ0v) is 9.80. The van der Waals surface area contributed by atoms with E-state index in [1.165, 1.54) is 17.5 Å². The van der Waals surface area contributed by atoms with Crippen LogP contribution in [0.25, 0.3) is 0 Å². The molecule has 0 aliphatic carbocycles. The molecule has 0 fully saturated rings. The fraction of sp³-hybridized carbons (Fsp3) is 0.231. The Kier molecular flexibility index (Phi) is 3.80. The zero-order valence-electron chi connectivity index (χ0n) is 9.80. The number of hydrogen-bond acceptors (Lipinski definition) is 4. The summed E-state index contributed by atoms with van der Waals surface area (Å²) in [5, 5.41) is 0. The summed E-state index contributed by atoms with van der Waals surface area (Å²) < 4.78 is 0. The molecular weight excluding hydrogens is 212 g/mol. The van der Waals surface area contributed by atoms with Gasteiger partial charge in [0.1, 0.15) is 6.33 Å². The van der Waals surface area contributed by atoms with Crippen molar-refractivity contribution in [3.05, 3.63) is 59.7 Å². The number of nitrogens with zero attached hydrogens (tertiary/aromatic N) is 2. The van der Waals surface area contributed by atoms with Gasteiger partial charge in [-0.2, -0.15) is 0 Å². The Hall–Kier alpha value is -1.78. The van der Waals surface area contributed by atoms with Gasteiger partial charge < -0.3 is 0 Å². The summed E-state index contributed by atoms with van der Waals surface area (Å²) in [6.45, 7) is 2.08. The van der Waals surface area contributed by atoms with Gasteiger partial charge in [0.2, 0.25) is 0 Å². The van der Waals surface area contributed by atoms with Crippen LogP contribution in [-0.4, -0.2) is 9.97 Å². The summed E-state index contributed by atoms with van der Waals surface area (Å²) in [6.07, 6.45) is 5.91.